The lowest BCUT2D eigenvalue weighted by Crippen LogP contribution is -2.46. The van der Waals surface area contributed by atoms with E-state index in [0.29, 0.717) is 11.5 Å². The van der Waals surface area contributed by atoms with Gasteiger partial charge in [0, 0.05) is 0 Å². The normalized spacial score (nSPS) is 22.3. The van der Waals surface area contributed by atoms with E-state index in [9.17, 15) is 9.59 Å². The topological polar surface area (TPSA) is 67.9 Å². The highest BCUT2D eigenvalue weighted by atomic mass is 16.7. The van der Waals surface area contributed by atoms with Crippen molar-refractivity contribution in [1.82, 2.24) is 10.2 Å². The van der Waals surface area contributed by atoms with E-state index in [1.807, 2.05) is 18.2 Å². The SMILES string of the molecule is O=C1NC2(CCCCCC2)C(=O)N1Cc1ccc2c(c1)OCO2. The fourth-order valence-corrected chi connectivity index (χ4v) is 3.71. The van der Waals surface area contributed by atoms with Gasteiger partial charge in [-0.2, -0.15) is 0 Å². The van der Waals surface area contributed by atoms with Crippen molar-refractivity contribution in [3.8, 4) is 11.5 Å². The fourth-order valence-electron chi connectivity index (χ4n) is 3.71. The van der Waals surface area contributed by atoms with Crippen molar-refractivity contribution in [2.24, 2.45) is 0 Å². The van der Waals surface area contributed by atoms with Gasteiger partial charge in [0.1, 0.15) is 5.54 Å². The first kappa shape index (κ1) is 14.4. The number of hydrogen-bond acceptors (Lipinski definition) is 4. The molecule has 1 spiro atoms. The molecule has 1 saturated heterocycles. The Labute approximate surface area is 134 Å². The lowest BCUT2D eigenvalue weighted by Gasteiger charge is -2.24. The zero-order valence-electron chi connectivity index (χ0n) is 13.0. The standard InChI is InChI=1S/C17H20N2O4/c20-15-17(7-3-1-2-4-8-17)18-16(21)19(15)10-12-5-6-13-14(9-12)23-11-22-13/h5-6,9H,1-4,7-8,10-11H2,(H,18,21). The molecule has 1 N–H and O–H groups in total. The number of nitrogens with one attached hydrogen (secondary N) is 1. The molecule has 1 aromatic rings. The highest BCUT2D eigenvalue weighted by Gasteiger charge is 2.50. The number of carbonyl (C=O) groups is 2. The first-order valence-corrected chi connectivity index (χ1v) is 8.21. The molecule has 23 heavy (non-hydrogen) atoms. The van der Waals surface area contributed by atoms with E-state index in [1.165, 1.54) is 4.90 Å². The molecule has 1 aliphatic carbocycles. The molecular formula is C17H20N2O4. The summed E-state index contributed by atoms with van der Waals surface area (Å²) < 4.78 is 10.6. The summed E-state index contributed by atoms with van der Waals surface area (Å²) in [6.45, 7) is 0.480. The number of amides is 3. The zero-order valence-corrected chi connectivity index (χ0v) is 13.0. The maximum Gasteiger partial charge on any atom is 0.325 e. The van der Waals surface area contributed by atoms with Gasteiger partial charge in [-0.25, -0.2) is 4.79 Å². The number of hydrogen-bond donors (Lipinski definition) is 1. The first-order valence-electron chi connectivity index (χ1n) is 8.21. The Morgan fingerprint density at radius 1 is 1.04 bits per heavy atom. The van der Waals surface area contributed by atoms with Crippen molar-refractivity contribution in [1.29, 1.82) is 0 Å². The average Bonchev–Trinajstić information content (AvgIpc) is 2.99. The number of urea groups is 1. The molecule has 6 heteroatoms. The van der Waals surface area contributed by atoms with Crippen LogP contribution in [0, 0.1) is 0 Å². The lowest BCUT2D eigenvalue weighted by molar-refractivity contribution is -0.132. The second-order valence-corrected chi connectivity index (χ2v) is 6.51. The van der Waals surface area contributed by atoms with Crippen LogP contribution in [0.5, 0.6) is 11.5 Å². The summed E-state index contributed by atoms with van der Waals surface area (Å²) in [5, 5.41) is 2.96. The highest BCUT2D eigenvalue weighted by Crippen LogP contribution is 2.35. The average molecular weight is 316 g/mol. The lowest BCUT2D eigenvalue weighted by atomic mass is 9.90. The predicted molar refractivity (Wildman–Crippen MR) is 82.1 cm³/mol. The Hall–Kier alpha value is -2.24. The van der Waals surface area contributed by atoms with Crippen molar-refractivity contribution >= 4 is 11.9 Å². The monoisotopic (exact) mass is 316 g/mol. The summed E-state index contributed by atoms with van der Waals surface area (Å²) in [6.07, 6.45) is 5.73. The summed E-state index contributed by atoms with van der Waals surface area (Å²) >= 11 is 0. The van der Waals surface area contributed by atoms with Gasteiger partial charge in [0.05, 0.1) is 6.54 Å². The summed E-state index contributed by atoms with van der Waals surface area (Å²) in [5.41, 5.74) is 0.188. The van der Waals surface area contributed by atoms with Gasteiger partial charge in [-0.15, -0.1) is 0 Å². The number of ether oxygens (including phenoxy) is 2. The Kier molecular flexibility index (Phi) is 3.39. The van der Waals surface area contributed by atoms with E-state index < -0.39 is 5.54 Å². The van der Waals surface area contributed by atoms with Gasteiger partial charge in [-0.05, 0) is 30.5 Å². The van der Waals surface area contributed by atoms with Gasteiger partial charge >= 0.3 is 6.03 Å². The number of nitrogens with zero attached hydrogens (tertiary/aromatic N) is 1. The van der Waals surface area contributed by atoms with E-state index in [1.54, 1.807) is 0 Å². The zero-order chi connectivity index (χ0) is 15.9. The molecule has 0 radical (unpaired) electrons. The van der Waals surface area contributed by atoms with Crippen LogP contribution in [-0.4, -0.2) is 29.2 Å². The highest BCUT2D eigenvalue weighted by molar-refractivity contribution is 6.07. The predicted octanol–water partition coefficient (Wildman–Crippen LogP) is 2.56. The van der Waals surface area contributed by atoms with Crippen LogP contribution in [0.3, 0.4) is 0 Å². The molecule has 4 rings (SSSR count). The first-order chi connectivity index (χ1) is 11.2. The molecule has 1 saturated carbocycles. The molecule has 0 atom stereocenters. The van der Waals surface area contributed by atoms with Crippen LogP contribution >= 0.6 is 0 Å². The molecule has 0 aromatic heterocycles. The second-order valence-electron chi connectivity index (χ2n) is 6.51. The Morgan fingerprint density at radius 3 is 2.57 bits per heavy atom. The van der Waals surface area contributed by atoms with Gasteiger partial charge in [-0.1, -0.05) is 31.7 Å². The van der Waals surface area contributed by atoms with E-state index in [2.05, 4.69) is 5.32 Å². The van der Waals surface area contributed by atoms with Crippen molar-refractivity contribution in [3.63, 3.8) is 0 Å². The number of rotatable bonds is 2. The minimum absolute atomic E-state index is 0.0814. The van der Waals surface area contributed by atoms with Crippen LogP contribution in [-0.2, 0) is 11.3 Å². The molecule has 0 bridgehead atoms. The molecule has 3 amide bonds. The molecular weight excluding hydrogens is 296 g/mol. The third kappa shape index (κ3) is 2.42. The molecule has 1 aromatic carbocycles. The van der Waals surface area contributed by atoms with Crippen molar-refractivity contribution in [3.05, 3.63) is 23.8 Å². The molecule has 6 nitrogen and oxygen atoms in total. The Bertz CT molecular complexity index is 650. The smallest absolute Gasteiger partial charge is 0.325 e. The van der Waals surface area contributed by atoms with Gasteiger partial charge in [-0.3, -0.25) is 9.69 Å². The molecule has 2 heterocycles. The Morgan fingerprint density at radius 2 is 1.78 bits per heavy atom. The molecule has 0 unspecified atom stereocenters. The van der Waals surface area contributed by atoms with Crippen molar-refractivity contribution in [2.45, 2.75) is 50.6 Å². The van der Waals surface area contributed by atoms with Crippen molar-refractivity contribution in [2.75, 3.05) is 6.79 Å². The largest absolute Gasteiger partial charge is 0.454 e. The van der Waals surface area contributed by atoms with Crippen LogP contribution in [0.1, 0.15) is 44.1 Å². The van der Waals surface area contributed by atoms with E-state index in [0.717, 1.165) is 44.1 Å². The molecule has 2 aliphatic heterocycles. The third-order valence-corrected chi connectivity index (χ3v) is 4.98. The maximum atomic E-state index is 12.9. The fraction of sp³-hybridized carbons (Fsp3) is 0.529. The summed E-state index contributed by atoms with van der Waals surface area (Å²) in [6, 6.07) is 5.24. The Balaban J connectivity index is 1.55. The van der Waals surface area contributed by atoms with Gasteiger partial charge in [0.2, 0.25) is 6.79 Å². The molecule has 122 valence electrons. The molecule has 2 fully saturated rings. The van der Waals surface area contributed by atoms with Crippen LogP contribution in [0.4, 0.5) is 4.79 Å². The van der Waals surface area contributed by atoms with Gasteiger partial charge < -0.3 is 14.8 Å². The van der Waals surface area contributed by atoms with Crippen molar-refractivity contribution < 1.29 is 19.1 Å². The van der Waals surface area contributed by atoms with Crippen LogP contribution in [0.2, 0.25) is 0 Å². The quantitative estimate of drug-likeness (QED) is 0.852. The number of fused-ring (bicyclic) bond motifs is 1. The van der Waals surface area contributed by atoms with Gasteiger partial charge in [0.15, 0.2) is 11.5 Å². The van der Waals surface area contributed by atoms with Gasteiger partial charge in [0.25, 0.3) is 5.91 Å². The second kappa shape index (κ2) is 5.44. The van der Waals surface area contributed by atoms with Crippen LogP contribution < -0.4 is 14.8 Å². The number of imide groups is 1. The van der Waals surface area contributed by atoms with E-state index in [-0.39, 0.29) is 25.3 Å². The van der Waals surface area contributed by atoms with Crippen LogP contribution in [0.25, 0.3) is 0 Å². The summed E-state index contributed by atoms with van der Waals surface area (Å²) in [5.74, 6) is 1.28. The number of carbonyl (C=O) groups excluding carboxylic acids is 2. The molecule has 3 aliphatic rings. The summed E-state index contributed by atoms with van der Waals surface area (Å²) in [7, 11) is 0. The minimum atomic E-state index is -0.677. The summed E-state index contributed by atoms with van der Waals surface area (Å²) in [4.78, 5) is 26.6. The third-order valence-electron chi connectivity index (χ3n) is 4.98. The van der Waals surface area contributed by atoms with E-state index >= 15 is 0 Å². The number of benzene rings is 1. The van der Waals surface area contributed by atoms with E-state index in [4.69, 9.17) is 9.47 Å². The minimum Gasteiger partial charge on any atom is -0.454 e. The van der Waals surface area contributed by atoms with Crippen LogP contribution in [0.15, 0.2) is 18.2 Å². The maximum absolute atomic E-state index is 12.9.